The summed E-state index contributed by atoms with van der Waals surface area (Å²) in [4.78, 5) is 28.4. The number of thioether (sulfide) groups is 1. The van der Waals surface area contributed by atoms with Crippen molar-refractivity contribution < 1.29 is 14.3 Å². The summed E-state index contributed by atoms with van der Waals surface area (Å²) in [5.41, 5.74) is 3.99. The van der Waals surface area contributed by atoms with E-state index >= 15 is 0 Å². The molecule has 0 radical (unpaired) electrons. The number of nitriles is 1. The smallest absolute Gasteiger partial charge is 0.269 e. The number of para-hydroxylation sites is 1. The maximum Gasteiger partial charge on any atom is 0.269 e. The monoisotopic (exact) mass is 483 g/mol. The van der Waals surface area contributed by atoms with Crippen molar-refractivity contribution in [1.82, 2.24) is 0 Å². The summed E-state index contributed by atoms with van der Waals surface area (Å²) in [6.07, 6.45) is 0.456. The molecule has 0 saturated carbocycles. The van der Waals surface area contributed by atoms with E-state index in [-0.39, 0.29) is 11.5 Å². The highest BCUT2D eigenvalue weighted by Gasteiger charge is 2.41. The van der Waals surface area contributed by atoms with Crippen LogP contribution in [0.3, 0.4) is 0 Å². The van der Waals surface area contributed by atoms with Crippen LogP contribution in [0.15, 0.2) is 83.4 Å². The van der Waals surface area contributed by atoms with Gasteiger partial charge in [0.2, 0.25) is 5.91 Å². The van der Waals surface area contributed by atoms with Crippen molar-refractivity contribution in [2.75, 3.05) is 17.3 Å². The van der Waals surface area contributed by atoms with E-state index < -0.39 is 11.2 Å². The standard InChI is InChI=1S/C28H25N3O3S/c1-18-7-6-9-21(15-18)30-26(32)23(17-29)28-31(24-10-5-4-8-19(24)2)27(33)25(35-28)16-20-11-13-22(34-3)14-12-20/h4-15,25H,16H2,1-3H3,(H,30,32)/b28-23-. The number of amides is 2. The van der Waals surface area contributed by atoms with Gasteiger partial charge in [0.15, 0.2) is 0 Å². The molecule has 2 amide bonds. The molecule has 1 saturated heterocycles. The summed E-state index contributed by atoms with van der Waals surface area (Å²) < 4.78 is 5.23. The Morgan fingerprint density at radius 2 is 1.83 bits per heavy atom. The summed E-state index contributed by atoms with van der Waals surface area (Å²) in [6.45, 7) is 3.83. The molecule has 1 heterocycles. The molecule has 1 unspecified atom stereocenters. The van der Waals surface area contributed by atoms with Gasteiger partial charge in [-0.25, -0.2) is 0 Å². The number of rotatable bonds is 6. The van der Waals surface area contributed by atoms with Gasteiger partial charge in [-0.1, -0.05) is 54.2 Å². The number of methoxy groups -OCH3 is 1. The van der Waals surface area contributed by atoms with E-state index in [1.165, 1.54) is 16.7 Å². The average molecular weight is 484 g/mol. The van der Waals surface area contributed by atoms with Crippen LogP contribution >= 0.6 is 11.8 Å². The zero-order valence-corrected chi connectivity index (χ0v) is 20.6. The molecular formula is C28H25N3O3S. The summed E-state index contributed by atoms with van der Waals surface area (Å²) in [5, 5.41) is 12.7. The second-order valence-corrected chi connectivity index (χ2v) is 9.43. The first-order chi connectivity index (χ1) is 16.9. The maximum atomic E-state index is 13.6. The minimum absolute atomic E-state index is 0.0923. The van der Waals surface area contributed by atoms with Crippen molar-refractivity contribution in [3.63, 3.8) is 0 Å². The fraction of sp³-hybridized carbons (Fsp3) is 0.179. The highest BCUT2D eigenvalue weighted by molar-refractivity contribution is 8.05. The average Bonchev–Trinajstić information content (AvgIpc) is 3.15. The van der Waals surface area contributed by atoms with Gasteiger partial charge in [0, 0.05) is 5.69 Å². The van der Waals surface area contributed by atoms with E-state index in [1.54, 1.807) is 13.2 Å². The van der Waals surface area contributed by atoms with Crippen molar-refractivity contribution in [3.8, 4) is 11.8 Å². The fourth-order valence-electron chi connectivity index (χ4n) is 3.91. The lowest BCUT2D eigenvalue weighted by molar-refractivity contribution is -0.117. The molecule has 1 aliphatic heterocycles. The van der Waals surface area contributed by atoms with Crippen LogP contribution in [-0.4, -0.2) is 24.2 Å². The summed E-state index contributed by atoms with van der Waals surface area (Å²) in [7, 11) is 1.60. The van der Waals surface area contributed by atoms with Crippen molar-refractivity contribution in [2.45, 2.75) is 25.5 Å². The lowest BCUT2D eigenvalue weighted by atomic mass is 10.1. The third kappa shape index (κ3) is 5.23. The molecule has 176 valence electrons. The number of carbonyl (C=O) groups excluding carboxylic acids is 2. The van der Waals surface area contributed by atoms with E-state index in [1.807, 2.05) is 80.6 Å². The van der Waals surface area contributed by atoms with Gasteiger partial charge in [-0.15, -0.1) is 0 Å². The number of benzene rings is 3. The van der Waals surface area contributed by atoms with E-state index in [4.69, 9.17) is 4.74 Å². The van der Waals surface area contributed by atoms with Crippen LogP contribution in [-0.2, 0) is 16.0 Å². The number of ether oxygens (including phenoxy) is 1. The third-order valence-electron chi connectivity index (χ3n) is 5.72. The molecule has 0 aliphatic carbocycles. The Morgan fingerprint density at radius 1 is 1.09 bits per heavy atom. The van der Waals surface area contributed by atoms with Crippen LogP contribution in [0.25, 0.3) is 0 Å². The molecule has 1 N–H and O–H groups in total. The topological polar surface area (TPSA) is 82.4 Å². The number of carbonyl (C=O) groups is 2. The van der Waals surface area contributed by atoms with Gasteiger partial charge in [0.05, 0.1) is 18.0 Å². The van der Waals surface area contributed by atoms with Gasteiger partial charge in [0.25, 0.3) is 5.91 Å². The molecule has 7 heteroatoms. The van der Waals surface area contributed by atoms with Crippen molar-refractivity contribution in [2.24, 2.45) is 0 Å². The predicted octanol–water partition coefficient (Wildman–Crippen LogP) is 5.38. The lowest BCUT2D eigenvalue weighted by Gasteiger charge is -2.20. The first-order valence-corrected chi connectivity index (χ1v) is 12.0. The van der Waals surface area contributed by atoms with Crippen molar-refractivity contribution >= 4 is 35.0 Å². The van der Waals surface area contributed by atoms with Crippen LogP contribution in [0, 0.1) is 25.2 Å². The largest absolute Gasteiger partial charge is 0.497 e. The second kappa shape index (κ2) is 10.5. The maximum absolute atomic E-state index is 13.6. The van der Waals surface area contributed by atoms with E-state index in [9.17, 15) is 14.9 Å². The number of nitrogens with one attached hydrogen (secondary N) is 1. The molecule has 1 atom stereocenters. The van der Waals surface area contributed by atoms with E-state index in [0.29, 0.717) is 22.8 Å². The number of aryl methyl sites for hydroxylation is 2. The Morgan fingerprint density at radius 3 is 2.49 bits per heavy atom. The minimum Gasteiger partial charge on any atom is -0.497 e. The number of hydrogen-bond acceptors (Lipinski definition) is 5. The molecule has 4 rings (SSSR count). The molecule has 3 aromatic carbocycles. The van der Waals surface area contributed by atoms with Gasteiger partial charge in [-0.2, -0.15) is 5.26 Å². The van der Waals surface area contributed by atoms with Crippen LogP contribution in [0.4, 0.5) is 11.4 Å². The van der Waals surface area contributed by atoms with Gasteiger partial charge in [-0.3, -0.25) is 14.5 Å². The Balaban J connectivity index is 1.72. The first kappa shape index (κ1) is 24.1. The van der Waals surface area contributed by atoms with Gasteiger partial charge < -0.3 is 10.1 Å². The predicted molar refractivity (Wildman–Crippen MR) is 139 cm³/mol. The molecule has 1 fully saturated rings. The first-order valence-electron chi connectivity index (χ1n) is 11.1. The normalized spacial score (nSPS) is 16.6. The van der Waals surface area contributed by atoms with Crippen molar-refractivity contribution in [1.29, 1.82) is 5.26 Å². The Labute approximate surface area is 209 Å². The van der Waals surface area contributed by atoms with Gasteiger partial charge in [0.1, 0.15) is 22.4 Å². The molecule has 6 nitrogen and oxygen atoms in total. The highest BCUT2D eigenvalue weighted by atomic mass is 32.2. The molecule has 35 heavy (non-hydrogen) atoms. The molecule has 0 aromatic heterocycles. The number of anilines is 2. The molecular weight excluding hydrogens is 458 g/mol. The fourth-order valence-corrected chi connectivity index (χ4v) is 5.21. The summed E-state index contributed by atoms with van der Waals surface area (Å²) in [6, 6.07) is 24.4. The quantitative estimate of drug-likeness (QED) is 0.376. The minimum atomic E-state index is -0.544. The number of nitrogens with zero attached hydrogens (tertiary/aromatic N) is 2. The Hall–Kier alpha value is -4.02. The zero-order chi connectivity index (χ0) is 24.9. The van der Waals surface area contributed by atoms with Gasteiger partial charge in [-0.05, 0) is 67.3 Å². The highest BCUT2D eigenvalue weighted by Crippen LogP contribution is 2.43. The summed E-state index contributed by atoms with van der Waals surface area (Å²) in [5.74, 6) is 0.0316. The lowest BCUT2D eigenvalue weighted by Crippen LogP contribution is -2.31. The van der Waals surface area contributed by atoms with Crippen LogP contribution < -0.4 is 15.0 Å². The Kier molecular flexibility index (Phi) is 7.23. The van der Waals surface area contributed by atoms with E-state index in [0.717, 1.165) is 22.4 Å². The summed E-state index contributed by atoms with van der Waals surface area (Å²) >= 11 is 1.25. The SMILES string of the molecule is COc1ccc(CC2S/C(=C(/C#N)C(=O)Nc3cccc(C)c3)N(c3ccccc3C)C2=O)cc1. The van der Waals surface area contributed by atoms with Crippen LogP contribution in [0.1, 0.15) is 16.7 Å². The third-order valence-corrected chi connectivity index (χ3v) is 6.98. The Bertz CT molecular complexity index is 1340. The van der Waals surface area contributed by atoms with Gasteiger partial charge >= 0.3 is 0 Å². The van der Waals surface area contributed by atoms with E-state index in [2.05, 4.69) is 11.4 Å². The molecule has 0 bridgehead atoms. The molecule has 0 spiro atoms. The van der Waals surface area contributed by atoms with Crippen LogP contribution in [0.5, 0.6) is 5.75 Å². The van der Waals surface area contributed by atoms with Crippen molar-refractivity contribution in [3.05, 3.63) is 100 Å². The number of hydrogen-bond donors (Lipinski definition) is 1. The second-order valence-electron chi connectivity index (χ2n) is 8.23. The van der Waals surface area contributed by atoms with Crippen LogP contribution in [0.2, 0.25) is 0 Å². The molecule has 3 aromatic rings. The molecule has 1 aliphatic rings. The zero-order valence-electron chi connectivity index (χ0n) is 19.7.